The summed E-state index contributed by atoms with van der Waals surface area (Å²) in [6.07, 6.45) is 1.89. The van der Waals surface area contributed by atoms with Crippen molar-refractivity contribution in [3.8, 4) is 0 Å². The number of rotatable bonds is 8. The molecule has 0 radical (unpaired) electrons. The molecule has 2 aliphatic heterocycles. The molecule has 2 rings (SSSR count). The Hall–Kier alpha value is -2.01. The lowest BCUT2D eigenvalue weighted by Crippen LogP contribution is -2.63. The fourth-order valence-corrected chi connectivity index (χ4v) is 4.62. The summed E-state index contributed by atoms with van der Waals surface area (Å²) in [4.78, 5) is 38.0. The lowest BCUT2D eigenvalue weighted by molar-refractivity contribution is -0.302. The van der Waals surface area contributed by atoms with Crippen molar-refractivity contribution in [1.29, 1.82) is 0 Å². The van der Waals surface area contributed by atoms with Gasteiger partial charge in [-0.05, 0) is 37.4 Å². The highest BCUT2D eigenvalue weighted by Crippen LogP contribution is 2.38. The minimum Gasteiger partial charge on any atom is -0.455 e. The van der Waals surface area contributed by atoms with Crippen LogP contribution < -0.4 is 0 Å². The van der Waals surface area contributed by atoms with Crippen LogP contribution in [0.3, 0.4) is 0 Å². The summed E-state index contributed by atoms with van der Waals surface area (Å²) in [5.41, 5.74) is 0. The molecule has 2 heterocycles. The summed E-state index contributed by atoms with van der Waals surface area (Å²) >= 11 is 0. The first-order valence-corrected chi connectivity index (χ1v) is 15.5. The maximum absolute atomic E-state index is 12.7. The van der Waals surface area contributed by atoms with Gasteiger partial charge in [-0.2, -0.15) is 0 Å². The van der Waals surface area contributed by atoms with Crippen molar-refractivity contribution in [3.63, 3.8) is 0 Å². The standard InChI is InChI=1S/C26H42O9Si/c1-8-9-14-19(27)33-22-18(17-31-36(6,7)26(2,3)4)32-25(30-5)24-23(22)34-20(28)15-12-10-11-13-16-21(29)35-24/h8,10-11,18,22-25H,1,9,12-17H2,2-7H3/t18-,22-,23+,24-,25+/m1/s1. The Kier molecular flexibility index (Phi) is 11.3. The fraction of sp³-hybridized carbons (Fsp3) is 0.731. The van der Waals surface area contributed by atoms with E-state index in [0.717, 1.165) is 0 Å². The Labute approximate surface area is 215 Å². The molecular weight excluding hydrogens is 484 g/mol. The minimum atomic E-state index is -2.20. The smallest absolute Gasteiger partial charge is 0.306 e. The fourth-order valence-electron chi connectivity index (χ4n) is 3.60. The van der Waals surface area contributed by atoms with E-state index in [-0.39, 0.29) is 30.9 Å². The van der Waals surface area contributed by atoms with Crippen molar-refractivity contribution in [2.24, 2.45) is 0 Å². The molecule has 0 aliphatic carbocycles. The van der Waals surface area contributed by atoms with E-state index in [0.29, 0.717) is 19.3 Å². The number of ether oxygens (including phenoxy) is 5. The second-order valence-corrected chi connectivity index (χ2v) is 15.4. The molecule has 0 saturated carbocycles. The van der Waals surface area contributed by atoms with Crippen LogP contribution in [0.4, 0.5) is 0 Å². The van der Waals surface area contributed by atoms with Crippen molar-refractivity contribution >= 4 is 26.2 Å². The van der Waals surface area contributed by atoms with Crippen molar-refractivity contribution in [2.45, 2.75) is 108 Å². The molecule has 0 unspecified atom stereocenters. The molecule has 5 atom stereocenters. The Morgan fingerprint density at radius 1 is 1.11 bits per heavy atom. The monoisotopic (exact) mass is 526 g/mol. The lowest BCUT2D eigenvalue weighted by Gasteiger charge is -2.45. The highest BCUT2D eigenvalue weighted by molar-refractivity contribution is 6.74. The van der Waals surface area contributed by atoms with Gasteiger partial charge in [-0.1, -0.05) is 39.0 Å². The predicted molar refractivity (Wildman–Crippen MR) is 135 cm³/mol. The van der Waals surface area contributed by atoms with Gasteiger partial charge in [0.1, 0.15) is 6.10 Å². The van der Waals surface area contributed by atoms with E-state index in [1.54, 1.807) is 6.08 Å². The number of carbonyl (C=O) groups excluding carboxylic acids is 3. The van der Waals surface area contributed by atoms with Gasteiger partial charge in [0.2, 0.25) is 0 Å². The topological polar surface area (TPSA) is 107 Å². The minimum absolute atomic E-state index is 0.0658. The zero-order valence-electron chi connectivity index (χ0n) is 22.4. The maximum Gasteiger partial charge on any atom is 0.306 e. The first kappa shape index (κ1) is 30.2. The van der Waals surface area contributed by atoms with E-state index < -0.39 is 56.9 Å². The van der Waals surface area contributed by atoms with Crippen LogP contribution in [-0.2, 0) is 42.5 Å². The van der Waals surface area contributed by atoms with Crippen molar-refractivity contribution in [1.82, 2.24) is 0 Å². The van der Waals surface area contributed by atoms with Crippen LogP contribution in [0.25, 0.3) is 0 Å². The molecule has 1 saturated heterocycles. The second kappa shape index (κ2) is 13.5. The molecule has 0 aromatic heterocycles. The number of allylic oxidation sites excluding steroid dienone is 3. The summed E-state index contributed by atoms with van der Waals surface area (Å²) in [6.45, 7) is 14.3. The summed E-state index contributed by atoms with van der Waals surface area (Å²) in [5.74, 6) is -1.50. The SMILES string of the molecule is C=CCCC(=O)O[C@H]1[C@@H]2OC(=O)CCC=CCCC(=O)O[C@H]2[C@@H](OC)O[C@@H]1CO[Si](C)(C)C(C)(C)C. The molecule has 0 spiro atoms. The third-order valence-electron chi connectivity index (χ3n) is 6.79. The molecular formula is C26H42O9Si. The zero-order valence-corrected chi connectivity index (χ0v) is 23.4. The number of esters is 3. The third-order valence-corrected chi connectivity index (χ3v) is 11.3. The van der Waals surface area contributed by atoms with E-state index in [9.17, 15) is 14.4 Å². The first-order chi connectivity index (χ1) is 16.9. The lowest BCUT2D eigenvalue weighted by atomic mass is 9.98. The van der Waals surface area contributed by atoms with E-state index in [1.165, 1.54) is 7.11 Å². The number of methoxy groups -OCH3 is 1. The van der Waals surface area contributed by atoms with Gasteiger partial charge in [-0.25, -0.2) is 0 Å². The van der Waals surface area contributed by atoms with E-state index in [2.05, 4.69) is 40.4 Å². The van der Waals surface area contributed by atoms with Crippen molar-refractivity contribution < 1.29 is 42.5 Å². The molecule has 10 heteroatoms. The van der Waals surface area contributed by atoms with Gasteiger partial charge < -0.3 is 28.1 Å². The molecule has 0 aromatic carbocycles. The molecule has 9 nitrogen and oxygen atoms in total. The van der Waals surface area contributed by atoms with Gasteiger partial charge in [0.05, 0.1) is 6.61 Å². The van der Waals surface area contributed by atoms with E-state index in [4.69, 9.17) is 28.1 Å². The van der Waals surface area contributed by atoms with Gasteiger partial charge in [0, 0.05) is 26.4 Å². The van der Waals surface area contributed by atoms with Crippen LogP contribution in [0.1, 0.15) is 59.3 Å². The van der Waals surface area contributed by atoms with Gasteiger partial charge in [-0.15, -0.1) is 6.58 Å². The Morgan fingerprint density at radius 2 is 1.69 bits per heavy atom. The number of carbonyl (C=O) groups is 3. The van der Waals surface area contributed by atoms with Crippen LogP contribution in [-0.4, -0.2) is 70.6 Å². The Morgan fingerprint density at radius 3 is 2.22 bits per heavy atom. The molecule has 1 fully saturated rings. The van der Waals surface area contributed by atoms with Crippen molar-refractivity contribution in [3.05, 3.63) is 24.8 Å². The molecule has 0 aromatic rings. The normalized spacial score (nSPS) is 28.1. The second-order valence-electron chi connectivity index (χ2n) is 10.6. The molecule has 0 bridgehead atoms. The molecule has 0 N–H and O–H groups in total. The van der Waals surface area contributed by atoms with E-state index >= 15 is 0 Å². The van der Waals surface area contributed by atoms with Gasteiger partial charge in [-0.3, -0.25) is 14.4 Å². The molecule has 204 valence electrons. The number of hydrogen-bond donors (Lipinski definition) is 0. The summed E-state index contributed by atoms with van der Waals surface area (Å²) in [6, 6.07) is 0. The zero-order chi connectivity index (χ0) is 26.9. The van der Waals surface area contributed by atoms with Crippen LogP contribution in [0.15, 0.2) is 24.8 Å². The van der Waals surface area contributed by atoms with Gasteiger partial charge in [0.25, 0.3) is 0 Å². The summed E-state index contributed by atoms with van der Waals surface area (Å²) in [5, 5.41) is -0.0658. The molecule has 36 heavy (non-hydrogen) atoms. The number of fused-ring (bicyclic) bond motifs is 1. The number of hydrogen-bond acceptors (Lipinski definition) is 9. The average molecular weight is 527 g/mol. The van der Waals surface area contributed by atoms with Gasteiger partial charge in [0.15, 0.2) is 32.9 Å². The van der Waals surface area contributed by atoms with Crippen LogP contribution in [0, 0.1) is 0 Å². The average Bonchev–Trinajstić information content (AvgIpc) is 2.79. The first-order valence-electron chi connectivity index (χ1n) is 12.6. The molecule has 2 aliphatic rings. The van der Waals surface area contributed by atoms with Gasteiger partial charge >= 0.3 is 17.9 Å². The Bertz CT molecular complexity index is 802. The van der Waals surface area contributed by atoms with E-state index in [1.807, 2.05) is 12.2 Å². The Balaban J connectivity index is 2.42. The molecule has 0 amide bonds. The van der Waals surface area contributed by atoms with Crippen LogP contribution in [0.5, 0.6) is 0 Å². The van der Waals surface area contributed by atoms with Crippen LogP contribution >= 0.6 is 0 Å². The third kappa shape index (κ3) is 8.54. The predicted octanol–water partition coefficient (Wildman–Crippen LogP) is 4.21. The highest BCUT2D eigenvalue weighted by atomic mass is 28.4. The van der Waals surface area contributed by atoms with Crippen molar-refractivity contribution in [2.75, 3.05) is 13.7 Å². The quantitative estimate of drug-likeness (QED) is 0.199. The highest BCUT2D eigenvalue weighted by Gasteiger charge is 2.53. The summed E-state index contributed by atoms with van der Waals surface area (Å²) in [7, 11) is -0.785. The summed E-state index contributed by atoms with van der Waals surface area (Å²) < 4.78 is 35.3. The largest absolute Gasteiger partial charge is 0.455 e. The van der Waals surface area contributed by atoms with Crippen LogP contribution in [0.2, 0.25) is 18.1 Å². The maximum atomic E-state index is 12.7.